The molecule has 1 atom stereocenters. The maximum Gasteiger partial charge on any atom is 0.340 e. The lowest BCUT2D eigenvalue weighted by Crippen LogP contribution is -2.33. The fraction of sp³-hybridized carbons (Fsp3) is 0.529. The van der Waals surface area contributed by atoms with Crippen LogP contribution in [-0.4, -0.2) is 26.6 Å². The van der Waals surface area contributed by atoms with Crippen LogP contribution in [-0.2, 0) is 19.4 Å². The molecule has 0 amide bonds. The number of piperidine rings is 1. The molecule has 2 N–H and O–H groups in total. The van der Waals surface area contributed by atoms with E-state index >= 15 is 0 Å². The third-order valence-corrected chi connectivity index (χ3v) is 5.00. The highest BCUT2D eigenvalue weighted by molar-refractivity contribution is 5.35. The van der Waals surface area contributed by atoms with Crippen molar-refractivity contribution < 1.29 is 0 Å². The van der Waals surface area contributed by atoms with Crippen molar-refractivity contribution in [3.63, 3.8) is 0 Å². The van der Waals surface area contributed by atoms with Gasteiger partial charge in [0.2, 0.25) is 0 Å². The number of H-pyrrole nitrogens is 2. The van der Waals surface area contributed by atoms with Crippen molar-refractivity contribution >= 4 is 0 Å². The standard InChI is InChI=1S/C17H22N4O/c22-17-18-16(19-20-17)15-6-1-2-9-21(15)11-12-7-8-13-4-3-5-14(13)10-12/h7-8,10,15H,1-6,9,11H2,(H2,18,19,20,22). The van der Waals surface area contributed by atoms with Crippen molar-refractivity contribution in [2.45, 2.75) is 51.1 Å². The van der Waals surface area contributed by atoms with Gasteiger partial charge in [-0.1, -0.05) is 24.6 Å². The minimum atomic E-state index is -0.210. The van der Waals surface area contributed by atoms with Gasteiger partial charge < -0.3 is 0 Å². The smallest absolute Gasteiger partial charge is 0.292 e. The van der Waals surface area contributed by atoms with Crippen molar-refractivity contribution in [3.8, 4) is 0 Å². The molecule has 116 valence electrons. The zero-order chi connectivity index (χ0) is 14.9. The Morgan fingerprint density at radius 1 is 1.18 bits per heavy atom. The Morgan fingerprint density at radius 3 is 2.95 bits per heavy atom. The van der Waals surface area contributed by atoms with Gasteiger partial charge in [0.1, 0.15) is 5.82 Å². The molecule has 0 bridgehead atoms. The fourth-order valence-corrected chi connectivity index (χ4v) is 3.89. The molecule has 0 saturated carbocycles. The van der Waals surface area contributed by atoms with Crippen LogP contribution in [0.5, 0.6) is 0 Å². The Labute approximate surface area is 129 Å². The summed E-state index contributed by atoms with van der Waals surface area (Å²) in [6, 6.07) is 7.17. The topological polar surface area (TPSA) is 64.8 Å². The molecule has 0 radical (unpaired) electrons. The number of aromatic nitrogens is 3. The van der Waals surface area contributed by atoms with Crippen LogP contribution in [0.15, 0.2) is 23.0 Å². The molecule has 2 heterocycles. The molecule has 22 heavy (non-hydrogen) atoms. The van der Waals surface area contributed by atoms with Gasteiger partial charge >= 0.3 is 5.69 Å². The Bertz CT molecular complexity index is 717. The number of fused-ring (bicyclic) bond motifs is 1. The van der Waals surface area contributed by atoms with Crippen LogP contribution in [0, 0.1) is 0 Å². The number of aromatic amines is 2. The van der Waals surface area contributed by atoms with E-state index in [-0.39, 0.29) is 11.7 Å². The minimum absolute atomic E-state index is 0.210. The number of hydrogen-bond donors (Lipinski definition) is 2. The summed E-state index contributed by atoms with van der Waals surface area (Å²) < 4.78 is 0. The Balaban J connectivity index is 1.55. The first-order chi connectivity index (χ1) is 10.8. The van der Waals surface area contributed by atoms with E-state index in [2.05, 4.69) is 38.3 Å². The molecule has 1 aromatic carbocycles. The normalized spacial score (nSPS) is 21.9. The maximum absolute atomic E-state index is 11.3. The molecule has 1 unspecified atom stereocenters. The third-order valence-electron chi connectivity index (χ3n) is 5.00. The molecule has 5 heteroatoms. The summed E-state index contributed by atoms with van der Waals surface area (Å²) in [7, 11) is 0. The van der Waals surface area contributed by atoms with Crippen molar-refractivity contribution in [2.24, 2.45) is 0 Å². The molecular formula is C17H22N4O. The summed E-state index contributed by atoms with van der Waals surface area (Å²) in [5, 5.41) is 6.65. The lowest BCUT2D eigenvalue weighted by Gasteiger charge is -2.34. The second-order valence-corrected chi connectivity index (χ2v) is 6.50. The maximum atomic E-state index is 11.3. The Hall–Kier alpha value is -1.88. The SMILES string of the molecule is O=c1[nH]nc(C2CCCCN2Cc2ccc3c(c2)CCC3)[nH]1. The third kappa shape index (κ3) is 2.61. The van der Waals surface area contributed by atoms with Crippen LogP contribution >= 0.6 is 0 Å². The molecular weight excluding hydrogens is 276 g/mol. The Morgan fingerprint density at radius 2 is 2.09 bits per heavy atom. The van der Waals surface area contributed by atoms with Crippen LogP contribution in [0.1, 0.15) is 54.2 Å². The van der Waals surface area contributed by atoms with Crippen molar-refractivity contribution in [1.29, 1.82) is 0 Å². The van der Waals surface area contributed by atoms with Gasteiger partial charge in [-0.05, 0) is 55.3 Å². The van der Waals surface area contributed by atoms with Crippen molar-refractivity contribution in [3.05, 3.63) is 51.2 Å². The number of aryl methyl sites for hydroxylation is 2. The average molecular weight is 298 g/mol. The second-order valence-electron chi connectivity index (χ2n) is 6.50. The van der Waals surface area contributed by atoms with Gasteiger partial charge in [-0.2, -0.15) is 5.10 Å². The number of benzene rings is 1. The second kappa shape index (κ2) is 5.72. The lowest BCUT2D eigenvalue weighted by atomic mass is 9.99. The first-order valence-electron chi connectivity index (χ1n) is 8.29. The number of nitrogens with one attached hydrogen (secondary N) is 2. The van der Waals surface area contributed by atoms with Gasteiger partial charge in [-0.25, -0.2) is 9.89 Å². The molecule has 1 aromatic heterocycles. The van der Waals surface area contributed by atoms with Crippen LogP contribution in [0.4, 0.5) is 0 Å². The zero-order valence-corrected chi connectivity index (χ0v) is 12.8. The van der Waals surface area contributed by atoms with Gasteiger partial charge in [0.25, 0.3) is 0 Å². The number of hydrogen-bond acceptors (Lipinski definition) is 3. The van der Waals surface area contributed by atoms with E-state index in [0.717, 1.165) is 25.3 Å². The summed E-state index contributed by atoms with van der Waals surface area (Å²) in [6.45, 7) is 2.00. The highest BCUT2D eigenvalue weighted by Gasteiger charge is 2.26. The molecule has 0 spiro atoms. The number of rotatable bonds is 3. The monoisotopic (exact) mass is 298 g/mol. The highest BCUT2D eigenvalue weighted by Crippen LogP contribution is 2.30. The molecule has 1 fully saturated rings. The van der Waals surface area contributed by atoms with Crippen LogP contribution in [0.3, 0.4) is 0 Å². The zero-order valence-electron chi connectivity index (χ0n) is 12.8. The molecule has 5 nitrogen and oxygen atoms in total. The van der Waals surface area contributed by atoms with E-state index in [4.69, 9.17) is 0 Å². The summed E-state index contributed by atoms with van der Waals surface area (Å²) in [4.78, 5) is 16.6. The minimum Gasteiger partial charge on any atom is -0.292 e. The van der Waals surface area contributed by atoms with Crippen molar-refractivity contribution in [1.82, 2.24) is 20.1 Å². The van der Waals surface area contributed by atoms with Gasteiger partial charge in [0.05, 0.1) is 6.04 Å². The quantitative estimate of drug-likeness (QED) is 0.914. The van der Waals surface area contributed by atoms with Crippen LogP contribution in [0.2, 0.25) is 0 Å². The van der Waals surface area contributed by atoms with E-state index in [1.54, 1.807) is 0 Å². The first-order valence-corrected chi connectivity index (χ1v) is 8.29. The summed E-state index contributed by atoms with van der Waals surface area (Å²) in [5.74, 6) is 0.783. The van der Waals surface area contributed by atoms with E-state index < -0.39 is 0 Å². The predicted molar refractivity (Wildman–Crippen MR) is 84.7 cm³/mol. The lowest BCUT2D eigenvalue weighted by molar-refractivity contribution is 0.134. The molecule has 1 aliphatic heterocycles. The van der Waals surface area contributed by atoms with Gasteiger partial charge in [-0.3, -0.25) is 9.88 Å². The van der Waals surface area contributed by atoms with E-state index in [1.165, 1.54) is 48.8 Å². The van der Waals surface area contributed by atoms with E-state index in [0.29, 0.717) is 0 Å². The van der Waals surface area contributed by atoms with Gasteiger partial charge in [-0.15, -0.1) is 0 Å². The molecule has 1 saturated heterocycles. The highest BCUT2D eigenvalue weighted by atomic mass is 16.1. The molecule has 1 aliphatic carbocycles. The largest absolute Gasteiger partial charge is 0.340 e. The molecule has 2 aliphatic rings. The summed E-state index contributed by atoms with van der Waals surface area (Å²) in [5.41, 5.74) is 4.22. The summed E-state index contributed by atoms with van der Waals surface area (Å²) >= 11 is 0. The van der Waals surface area contributed by atoms with Crippen LogP contribution in [0.25, 0.3) is 0 Å². The first kappa shape index (κ1) is 13.8. The number of nitrogens with zero attached hydrogens (tertiary/aromatic N) is 2. The van der Waals surface area contributed by atoms with E-state index in [9.17, 15) is 4.79 Å². The van der Waals surface area contributed by atoms with Gasteiger partial charge in [0, 0.05) is 6.54 Å². The predicted octanol–water partition coefficient (Wildman–Crippen LogP) is 2.31. The van der Waals surface area contributed by atoms with Gasteiger partial charge in [0.15, 0.2) is 0 Å². The average Bonchev–Trinajstić information content (AvgIpc) is 3.16. The van der Waals surface area contributed by atoms with Crippen LogP contribution < -0.4 is 5.69 Å². The number of likely N-dealkylation sites (tertiary alicyclic amines) is 1. The van der Waals surface area contributed by atoms with E-state index in [1.807, 2.05) is 0 Å². The molecule has 4 rings (SSSR count). The molecule has 2 aromatic rings. The van der Waals surface area contributed by atoms with Crippen molar-refractivity contribution in [2.75, 3.05) is 6.54 Å². The summed E-state index contributed by atoms with van der Waals surface area (Å²) in [6.07, 6.45) is 7.22. The fourth-order valence-electron chi connectivity index (χ4n) is 3.89. The Kier molecular flexibility index (Phi) is 3.58.